The summed E-state index contributed by atoms with van der Waals surface area (Å²) in [5, 5.41) is 6.17. The van der Waals surface area contributed by atoms with Crippen LogP contribution in [0.15, 0.2) is 52.5 Å². The molecule has 1 amide bonds. The second-order valence-electron chi connectivity index (χ2n) is 7.31. The number of nitrogens with one attached hydrogen (secondary N) is 2. The maximum absolute atomic E-state index is 12.4. The van der Waals surface area contributed by atoms with Gasteiger partial charge in [0, 0.05) is 44.7 Å². The van der Waals surface area contributed by atoms with Crippen molar-refractivity contribution in [3.63, 3.8) is 0 Å². The van der Waals surface area contributed by atoms with Gasteiger partial charge in [-0.25, -0.2) is 13.4 Å². The molecule has 0 aliphatic heterocycles. The summed E-state index contributed by atoms with van der Waals surface area (Å²) >= 11 is 0. The van der Waals surface area contributed by atoms with Gasteiger partial charge in [-0.3, -0.25) is 9.78 Å². The Kier molecular flexibility index (Phi) is 8.99. The Morgan fingerprint density at radius 1 is 1.19 bits per heavy atom. The maximum Gasteiger partial charge on any atom is 0.241 e. The molecule has 0 radical (unpaired) electrons. The van der Waals surface area contributed by atoms with Crippen LogP contribution in [0.25, 0.3) is 0 Å². The van der Waals surface area contributed by atoms with Crippen molar-refractivity contribution < 1.29 is 13.2 Å². The normalized spacial score (nSPS) is 11.8. The Morgan fingerprint density at radius 2 is 1.97 bits per heavy atom. The van der Waals surface area contributed by atoms with Gasteiger partial charge in [0.1, 0.15) is 0 Å². The van der Waals surface area contributed by atoms with E-state index in [1.807, 2.05) is 31.2 Å². The SMILES string of the molecule is CCNC(=NCc1ccc(S(C)(=O)=O)c(C)c1)NCC(=O)N(C)CCc1ccccn1. The van der Waals surface area contributed by atoms with Gasteiger partial charge in [0.05, 0.1) is 18.0 Å². The number of amides is 1. The Labute approximate surface area is 184 Å². The molecule has 31 heavy (non-hydrogen) atoms. The summed E-state index contributed by atoms with van der Waals surface area (Å²) in [7, 11) is -1.48. The van der Waals surface area contributed by atoms with E-state index in [1.165, 1.54) is 6.26 Å². The van der Waals surface area contributed by atoms with Crippen molar-refractivity contribution in [3.05, 3.63) is 59.4 Å². The smallest absolute Gasteiger partial charge is 0.241 e. The van der Waals surface area contributed by atoms with Crippen molar-refractivity contribution >= 4 is 21.7 Å². The maximum atomic E-state index is 12.4. The third-order valence-electron chi connectivity index (χ3n) is 4.67. The molecule has 0 bridgehead atoms. The van der Waals surface area contributed by atoms with E-state index in [0.717, 1.165) is 11.3 Å². The Hall–Kier alpha value is -2.94. The minimum Gasteiger partial charge on any atom is -0.357 e. The van der Waals surface area contributed by atoms with Crippen LogP contribution in [0.2, 0.25) is 0 Å². The first-order valence-electron chi connectivity index (χ1n) is 10.2. The fourth-order valence-electron chi connectivity index (χ4n) is 2.99. The van der Waals surface area contributed by atoms with Crippen molar-refractivity contribution in [3.8, 4) is 0 Å². The average molecular weight is 446 g/mol. The minimum absolute atomic E-state index is 0.0464. The van der Waals surface area contributed by atoms with Crippen molar-refractivity contribution in [2.24, 2.45) is 4.99 Å². The van der Waals surface area contributed by atoms with Gasteiger partial charge in [0.25, 0.3) is 0 Å². The average Bonchev–Trinajstić information content (AvgIpc) is 2.73. The number of aliphatic imine (C=N–C) groups is 1. The third kappa shape index (κ3) is 8.01. The molecule has 0 saturated carbocycles. The van der Waals surface area contributed by atoms with E-state index in [9.17, 15) is 13.2 Å². The second kappa shape index (κ2) is 11.5. The lowest BCUT2D eigenvalue weighted by Gasteiger charge is -2.18. The van der Waals surface area contributed by atoms with Crippen LogP contribution >= 0.6 is 0 Å². The van der Waals surface area contributed by atoms with Crippen molar-refractivity contribution in [1.82, 2.24) is 20.5 Å². The highest BCUT2D eigenvalue weighted by atomic mass is 32.2. The van der Waals surface area contributed by atoms with Crippen LogP contribution in [0.3, 0.4) is 0 Å². The first kappa shape index (κ1) is 24.3. The molecule has 2 aromatic rings. The van der Waals surface area contributed by atoms with E-state index >= 15 is 0 Å². The van der Waals surface area contributed by atoms with Gasteiger partial charge in [-0.1, -0.05) is 18.2 Å². The van der Waals surface area contributed by atoms with E-state index in [1.54, 1.807) is 37.2 Å². The Balaban J connectivity index is 1.92. The van der Waals surface area contributed by atoms with Crippen molar-refractivity contribution in [1.29, 1.82) is 0 Å². The fraction of sp³-hybridized carbons (Fsp3) is 0.409. The number of carbonyl (C=O) groups excluding carboxylic acids is 1. The van der Waals surface area contributed by atoms with Crippen LogP contribution in [-0.4, -0.2) is 63.1 Å². The van der Waals surface area contributed by atoms with E-state index in [-0.39, 0.29) is 12.5 Å². The Morgan fingerprint density at radius 3 is 2.58 bits per heavy atom. The molecule has 0 aliphatic rings. The van der Waals surface area contributed by atoms with Gasteiger partial charge < -0.3 is 15.5 Å². The van der Waals surface area contributed by atoms with Crippen LogP contribution in [0.5, 0.6) is 0 Å². The monoisotopic (exact) mass is 445 g/mol. The number of sulfone groups is 1. The summed E-state index contributed by atoms with van der Waals surface area (Å²) in [4.78, 5) is 23.2. The lowest BCUT2D eigenvalue weighted by atomic mass is 10.1. The molecule has 0 fully saturated rings. The van der Waals surface area contributed by atoms with Crippen LogP contribution < -0.4 is 10.6 Å². The standard InChI is InChI=1S/C22H31N5O3S/c1-5-23-22(25-15-18-9-10-20(17(2)14-18)31(4,29)30)26-16-21(28)27(3)13-11-19-8-6-7-12-24-19/h6-10,12,14H,5,11,13,15-16H2,1-4H3,(H2,23,25,26). The molecular formula is C22H31N5O3S. The molecule has 1 heterocycles. The quantitative estimate of drug-likeness (QED) is 0.448. The van der Waals surface area contributed by atoms with E-state index in [4.69, 9.17) is 0 Å². The summed E-state index contributed by atoms with van der Waals surface area (Å²) in [6, 6.07) is 10.9. The lowest BCUT2D eigenvalue weighted by molar-refractivity contribution is -0.128. The van der Waals surface area contributed by atoms with Gasteiger partial charge >= 0.3 is 0 Å². The summed E-state index contributed by atoms with van der Waals surface area (Å²) in [5.74, 6) is 0.480. The molecule has 1 aromatic carbocycles. The summed E-state index contributed by atoms with van der Waals surface area (Å²) < 4.78 is 23.5. The molecule has 9 heteroatoms. The zero-order valence-electron chi connectivity index (χ0n) is 18.6. The molecule has 2 rings (SSSR count). The molecule has 8 nitrogen and oxygen atoms in total. The topological polar surface area (TPSA) is 104 Å². The summed E-state index contributed by atoms with van der Waals surface area (Å²) in [5.41, 5.74) is 2.53. The first-order chi connectivity index (χ1) is 14.7. The number of aryl methyl sites for hydroxylation is 1. The number of pyridine rings is 1. The highest BCUT2D eigenvalue weighted by Gasteiger charge is 2.12. The van der Waals surface area contributed by atoms with Crippen LogP contribution in [0, 0.1) is 6.92 Å². The third-order valence-corrected chi connectivity index (χ3v) is 5.92. The predicted octanol–water partition coefficient (Wildman–Crippen LogP) is 1.55. The molecule has 168 valence electrons. The number of carbonyl (C=O) groups is 1. The molecule has 0 aliphatic carbocycles. The van der Waals surface area contributed by atoms with E-state index in [2.05, 4.69) is 20.6 Å². The van der Waals surface area contributed by atoms with Crippen LogP contribution in [-0.2, 0) is 27.6 Å². The number of rotatable bonds is 9. The molecule has 1 aromatic heterocycles. The number of guanidine groups is 1. The predicted molar refractivity (Wildman–Crippen MR) is 123 cm³/mol. The molecule has 0 unspecified atom stereocenters. The highest BCUT2D eigenvalue weighted by Crippen LogP contribution is 2.17. The van der Waals surface area contributed by atoms with Gasteiger partial charge in [0.2, 0.25) is 5.91 Å². The number of aromatic nitrogens is 1. The number of nitrogens with zero attached hydrogens (tertiary/aromatic N) is 3. The first-order valence-corrected chi connectivity index (χ1v) is 12.1. The van der Waals surface area contributed by atoms with Crippen molar-refractivity contribution in [2.45, 2.75) is 31.7 Å². The summed E-state index contributed by atoms with van der Waals surface area (Å²) in [6.07, 6.45) is 3.64. The second-order valence-corrected chi connectivity index (χ2v) is 9.29. The Bertz CT molecular complexity index is 1010. The van der Waals surface area contributed by atoms with E-state index < -0.39 is 9.84 Å². The largest absolute Gasteiger partial charge is 0.357 e. The number of likely N-dealkylation sites (N-methyl/N-ethyl adjacent to an activating group) is 1. The number of benzene rings is 1. The molecule has 0 saturated heterocycles. The zero-order chi connectivity index (χ0) is 22.9. The van der Waals surface area contributed by atoms with Gasteiger partial charge in [-0.15, -0.1) is 0 Å². The minimum atomic E-state index is -3.25. The van der Waals surface area contributed by atoms with Gasteiger partial charge in [-0.05, 0) is 43.2 Å². The lowest BCUT2D eigenvalue weighted by Crippen LogP contribution is -2.44. The van der Waals surface area contributed by atoms with Crippen LogP contribution in [0.1, 0.15) is 23.7 Å². The summed E-state index contributed by atoms with van der Waals surface area (Å²) in [6.45, 7) is 5.44. The van der Waals surface area contributed by atoms with Gasteiger partial charge in [0.15, 0.2) is 15.8 Å². The molecule has 0 spiro atoms. The van der Waals surface area contributed by atoms with Crippen LogP contribution in [0.4, 0.5) is 0 Å². The fourth-order valence-corrected chi connectivity index (χ4v) is 3.94. The molecule has 0 atom stereocenters. The molecular weight excluding hydrogens is 414 g/mol. The highest BCUT2D eigenvalue weighted by molar-refractivity contribution is 7.90. The van der Waals surface area contributed by atoms with Gasteiger partial charge in [-0.2, -0.15) is 0 Å². The number of hydrogen-bond acceptors (Lipinski definition) is 5. The van der Waals surface area contributed by atoms with E-state index in [0.29, 0.717) is 42.5 Å². The van der Waals surface area contributed by atoms with Crippen molar-refractivity contribution in [2.75, 3.05) is 32.9 Å². The number of hydrogen-bond donors (Lipinski definition) is 2. The zero-order valence-corrected chi connectivity index (χ0v) is 19.4. The molecule has 2 N–H and O–H groups in total.